The topological polar surface area (TPSA) is 25.8 Å². The Morgan fingerprint density at radius 2 is 0.912 bits per heavy atom. The number of aryl methyl sites for hydroxylation is 1. The summed E-state index contributed by atoms with van der Waals surface area (Å²) in [5.41, 5.74) is 8.72. The van der Waals surface area contributed by atoms with Gasteiger partial charge in [-0.2, -0.15) is 11.3 Å². The molecule has 7 aromatic rings. The lowest BCUT2D eigenvalue weighted by Gasteiger charge is -2.32. The third-order valence-electron chi connectivity index (χ3n) is 10.7. The highest BCUT2D eigenvalue weighted by Crippen LogP contribution is 2.47. The van der Waals surface area contributed by atoms with Crippen LogP contribution in [0.15, 0.2) is 175 Å². The molecule has 0 aliphatic rings. The Kier molecular flexibility index (Phi) is 23.4. The van der Waals surface area contributed by atoms with Crippen LogP contribution < -0.4 is 10.6 Å². The molecule has 0 spiro atoms. The smallest absolute Gasteiger partial charge is 0.123 e. The number of rotatable bonds is 2. The van der Waals surface area contributed by atoms with Crippen LogP contribution in [0.25, 0.3) is 0 Å². The SMILES string of the molecule is CC(C)(C)P(c1ccccc1)c1ccccc1.CC(C)(C)c1cccc(F)c1.CC(C)(C)c1ccccn1.CC(C)(C)c1cccnc1.CC(C)(C)c1ccsc1.Cc1ccc(C(C)(C)C)cc1. The van der Waals surface area contributed by atoms with Crippen LogP contribution in [0.1, 0.15) is 158 Å². The number of hydrogen-bond acceptors (Lipinski definition) is 3. The zero-order valence-corrected chi connectivity index (χ0v) is 47.1. The predicted octanol–water partition coefficient (Wildman–Crippen LogP) is 18.1. The largest absolute Gasteiger partial charge is 0.264 e. The number of halogens is 1. The summed E-state index contributed by atoms with van der Waals surface area (Å²) in [5.74, 6) is -0.155. The molecule has 68 heavy (non-hydrogen) atoms. The summed E-state index contributed by atoms with van der Waals surface area (Å²) in [4.78, 5) is 8.30. The molecule has 0 saturated heterocycles. The first-order valence-corrected chi connectivity index (χ1v) is 26.3. The Hall–Kier alpha value is -4.76. The summed E-state index contributed by atoms with van der Waals surface area (Å²) in [6.45, 7) is 41.8. The van der Waals surface area contributed by atoms with Gasteiger partial charge >= 0.3 is 0 Å². The van der Waals surface area contributed by atoms with Crippen LogP contribution in [-0.4, -0.2) is 15.1 Å². The first kappa shape index (κ1) is 59.4. The molecular formula is C63H86FN2PS. The number of thiophene rings is 1. The number of nitrogens with zero attached hydrogens (tertiary/aromatic N) is 2. The molecule has 0 unspecified atom stereocenters. The highest BCUT2D eigenvalue weighted by atomic mass is 32.1. The van der Waals surface area contributed by atoms with Crippen LogP contribution in [0.3, 0.4) is 0 Å². The molecule has 0 N–H and O–H groups in total. The second-order valence-electron chi connectivity index (χ2n) is 23.3. The van der Waals surface area contributed by atoms with E-state index in [1.807, 2.05) is 36.7 Å². The van der Waals surface area contributed by atoms with Crippen molar-refractivity contribution in [3.63, 3.8) is 0 Å². The van der Waals surface area contributed by atoms with E-state index in [2.05, 4.69) is 255 Å². The average Bonchev–Trinajstić information content (AvgIpc) is 3.82. The lowest BCUT2D eigenvalue weighted by Crippen LogP contribution is -2.26. The molecule has 0 radical (unpaired) electrons. The highest BCUT2D eigenvalue weighted by Gasteiger charge is 2.27. The number of pyridine rings is 2. The Bertz CT molecular complexity index is 2280. The van der Waals surface area contributed by atoms with E-state index >= 15 is 0 Å². The molecule has 0 fully saturated rings. The maximum atomic E-state index is 12.7. The van der Waals surface area contributed by atoms with Gasteiger partial charge < -0.3 is 0 Å². The Morgan fingerprint density at radius 1 is 0.426 bits per heavy atom. The molecule has 0 aliphatic heterocycles. The molecule has 3 aromatic heterocycles. The van der Waals surface area contributed by atoms with Gasteiger partial charge in [-0.3, -0.25) is 9.97 Å². The minimum Gasteiger partial charge on any atom is -0.264 e. The molecule has 0 amide bonds. The fourth-order valence-corrected chi connectivity index (χ4v) is 10.1. The molecular weight excluding hydrogens is 867 g/mol. The summed E-state index contributed by atoms with van der Waals surface area (Å²) in [6, 6.07) is 49.5. The normalized spacial score (nSPS) is 11.7. The van der Waals surface area contributed by atoms with Crippen LogP contribution in [0.2, 0.25) is 0 Å². The predicted molar refractivity (Wildman–Crippen MR) is 303 cm³/mol. The van der Waals surface area contributed by atoms with Gasteiger partial charge in [0, 0.05) is 29.7 Å². The molecule has 366 valence electrons. The summed E-state index contributed by atoms with van der Waals surface area (Å²) in [5, 5.41) is 7.54. The first-order chi connectivity index (χ1) is 31.4. The average molecular weight is 953 g/mol. The van der Waals surface area contributed by atoms with E-state index in [0.29, 0.717) is 5.41 Å². The van der Waals surface area contributed by atoms with Crippen LogP contribution in [-0.2, 0) is 27.1 Å². The molecule has 4 aromatic carbocycles. The first-order valence-electron chi connectivity index (χ1n) is 24.0. The summed E-state index contributed by atoms with van der Waals surface area (Å²) in [7, 11) is -0.292. The minimum absolute atomic E-state index is 0.0437. The fourth-order valence-electron chi connectivity index (χ4n) is 6.39. The molecule has 0 atom stereocenters. The minimum atomic E-state index is -0.292. The molecule has 7 rings (SSSR count). The van der Waals surface area contributed by atoms with E-state index in [-0.39, 0.29) is 40.6 Å². The molecule has 3 heterocycles. The van der Waals surface area contributed by atoms with E-state index in [1.165, 1.54) is 38.9 Å². The summed E-state index contributed by atoms with van der Waals surface area (Å²) in [6.07, 6.45) is 5.55. The van der Waals surface area contributed by atoms with Crippen molar-refractivity contribution in [2.75, 3.05) is 0 Å². The maximum absolute atomic E-state index is 12.7. The van der Waals surface area contributed by atoms with Gasteiger partial charge in [-0.15, -0.1) is 0 Å². The lowest BCUT2D eigenvalue weighted by atomic mass is 9.87. The van der Waals surface area contributed by atoms with Crippen molar-refractivity contribution in [1.82, 2.24) is 9.97 Å². The van der Waals surface area contributed by atoms with Gasteiger partial charge in [0.1, 0.15) is 5.82 Å². The standard InChI is InChI=1S/C16H19P.C11H16.C10H13F.2C9H13N.C8H12S/c1-16(2,3)17(14-10-6-4-7-11-14)15-12-8-5-9-13-15;1-9-5-7-10(8-6-9)11(2,3)4;1-10(2,3)8-5-4-6-9(11)7-8;1-9(2,3)8-5-4-6-10-7-8;1-9(2,3)8-6-4-5-7-10-8;1-8(2,3)7-4-5-9-6-7/h4-13H,1-3H3;5-8H,1-4H3;4-7H,1-3H3;2*4-7H,1-3H3;4-6H,1-3H3. The van der Waals surface area contributed by atoms with E-state index in [0.717, 1.165) is 11.3 Å². The second-order valence-corrected chi connectivity index (χ2v) is 27.1. The Morgan fingerprint density at radius 3 is 1.22 bits per heavy atom. The van der Waals surface area contributed by atoms with E-state index < -0.39 is 0 Å². The zero-order chi connectivity index (χ0) is 51.4. The van der Waals surface area contributed by atoms with Crippen molar-refractivity contribution in [2.45, 2.75) is 164 Å². The monoisotopic (exact) mass is 953 g/mol. The quantitative estimate of drug-likeness (QED) is 0.161. The van der Waals surface area contributed by atoms with Crippen LogP contribution >= 0.6 is 19.3 Å². The highest BCUT2D eigenvalue weighted by molar-refractivity contribution is 7.74. The van der Waals surface area contributed by atoms with Crippen molar-refractivity contribution in [1.29, 1.82) is 0 Å². The Labute approximate surface area is 420 Å². The van der Waals surface area contributed by atoms with Gasteiger partial charge in [0.15, 0.2) is 0 Å². The number of aromatic nitrogens is 2. The Balaban J connectivity index is 0.000000284. The summed E-state index contributed by atoms with van der Waals surface area (Å²) >= 11 is 1.77. The molecule has 0 bridgehead atoms. The lowest BCUT2D eigenvalue weighted by molar-refractivity contribution is 0.569. The van der Waals surface area contributed by atoms with Crippen LogP contribution in [0, 0.1) is 12.7 Å². The van der Waals surface area contributed by atoms with Crippen molar-refractivity contribution in [3.05, 3.63) is 214 Å². The molecule has 0 saturated carbocycles. The van der Waals surface area contributed by atoms with Crippen molar-refractivity contribution < 1.29 is 4.39 Å². The maximum Gasteiger partial charge on any atom is 0.123 e. The van der Waals surface area contributed by atoms with E-state index in [9.17, 15) is 4.39 Å². The van der Waals surface area contributed by atoms with E-state index in [1.54, 1.807) is 29.7 Å². The third kappa shape index (κ3) is 23.0. The number of hydrogen-bond donors (Lipinski definition) is 0. The zero-order valence-electron chi connectivity index (χ0n) is 45.4. The van der Waals surface area contributed by atoms with Gasteiger partial charge in [0.2, 0.25) is 0 Å². The van der Waals surface area contributed by atoms with Gasteiger partial charge in [-0.1, -0.05) is 239 Å². The third-order valence-corrected chi connectivity index (χ3v) is 14.3. The fraction of sp³-hybridized carbons (Fsp3) is 0.397. The molecule has 0 aliphatic carbocycles. The van der Waals surface area contributed by atoms with Crippen LogP contribution in [0.4, 0.5) is 4.39 Å². The van der Waals surface area contributed by atoms with Gasteiger partial charge in [-0.25, -0.2) is 4.39 Å². The van der Waals surface area contributed by atoms with Crippen molar-refractivity contribution in [2.24, 2.45) is 0 Å². The molecule has 2 nitrogen and oxygen atoms in total. The van der Waals surface area contributed by atoms with Crippen molar-refractivity contribution in [3.8, 4) is 0 Å². The van der Waals surface area contributed by atoms with Crippen LogP contribution in [0.5, 0.6) is 0 Å². The van der Waals surface area contributed by atoms with Gasteiger partial charge in [-0.05, 0) is 122 Å². The van der Waals surface area contributed by atoms with Crippen molar-refractivity contribution >= 4 is 29.9 Å². The van der Waals surface area contributed by atoms with E-state index in [4.69, 9.17) is 0 Å². The summed E-state index contributed by atoms with van der Waals surface area (Å²) < 4.78 is 12.7. The second kappa shape index (κ2) is 26.8. The molecule has 5 heteroatoms. The number of benzene rings is 4. The van der Waals surface area contributed by atoms with Gasteiger partial charge in [0.25, 0.3) is 0 Å². The van der Waals surface area contributed by atoms with Gasteiger partial charge in [0.05, 0.1) is 0 Å².